The van der Waals surface area contributed by atoms with E-state index in [9.17, 15) is 4.79 Å². The van der Waals surface area contributed by atoms with Gasteiger partial charge in [0.2, 0.25) is 11.9 Å². The van der Waals surface area contributed by atoms with Crippen molar-refractivity contribution >= 4 is 34.4 Å². The first-order chi connectivity index (χ1) is 17.5. The molecule has 2 N–H and O–H groups in total. The number of morpholine rings is 1. The maximum atomic E-state index is 12.2. The molecule has 6 rings (SSSR count). The quantitative estimate of drug-likeness (QED) is 0.427. The molecule has 2 aromatic carbocycles. The first-order valence-electron chi connectivity index (χ1n) is 12.2. The largest absolute Gasteiger partial charge is 0.374 e. The first kappa shape index (κ1) is 22.4. The average Bonchev–Trinajstić information content (AvgIpc) is 3.52. The normalized spacial score (nSPS) is 18.7. The Morgan fingerprint density at radius 2 is 1.94 bits per heavy atom. The highest BCUT2D eigenvalue weighted by Crippen LogP contribution is 2.31. The van der Waals surface area contributed by atoms with Crippen molar-refractivity contribution in [1.82, 2.24) is 25.3 Å². The van der Waals surface area contributed by atoms with Crippen LogP contribution in [0, 0.1) is 0 Å². The molecule has 1 amide bonds. The van der Waals surface area contributed by atoms with Crippen LogP contribution in [0.15, 0.2) is 60.9 Å². The highest BCUT2D eigenvalue weighted by atomic mass is 16.5. The molecule has 1 unspecified atom stereocenters. The predicted octanol–water partition coefficient (Wildman–Crippen LogP) is 3.95. The molecule has 2 saturated heterocycles. The molecule has 0 saturated carbocycles. The van der Waals surface area contributed by atoms with Crippen LogP contribution in [0.1, 0.15) is 30.6 Å². The fraction of sp³-hybridized carbons (Fsp3) is 0.296. The lowest BCUT2D eigenvalue weighted by Gasteiger charge is -2.26. The fourth-order valence-corrected chi connectivity index (χ4v) is 4.73. The number of hydrogen-bond donors (Lipinski definition) is 2. The van der Waals surface area contributed by atoms with Crippen molar-refractivity contribution in [2.24, 2.45) is 0 Å². The molecule has 2 aromatic heterocycles. The minimum atomic E-state index is -0.0936. The van der Waals surface area contributed by atoms with E-state index in [-0.39, 0.29) is 11.9 Å². The van der Waals surface area contributed by atoms with Crippen molar-refractivity contribution < 1.29 is 9.53 Å². The molecule has 9 nitrogen and oxygen atoms in total. The number of rotatable bonds is 6. The van der Waals surface area contributed by atoms with Crippen molar-refractivity contribution in [2.45, 2.75) is 38.5 Å². The molecule has 4 aromatic rings. The van der Waals surface area contributed by atoms with Gasteiger partial charge < -0.3 is 20.3 Å². The van der Waals surface area contributed by atoms with E-state index < -0.39 is 0 Å². The zero-order valence-electron chi connectivity index (χ0n) is 20.2. The number of hydrogen-bond acceptors (Lipinski definition) is 8. The second-order valence-corrected chi connectivity index (χ2v) is 9.54. The van der Waals surface area contributed by atoms with Crippen molar-refractivity contribution in [1.29, 1.82) is 0 Å². The number of nitrogens with one attached hydrogen (secondary N) is 2. The number of amides is 1. The molecule has 36 heavy (non-hydrogen) atoms. The number of benzene rings is 2. The molecule has 0 aliphatic carbocycles. The summed E-state index contributed by atoms with van der Waals surface area (Å²) in [6.45, 7) is 5.49. The molecule has 2 fully saturated rings. The Labute approximate surface area is 209 Å². The van der Waals surface area contributed by atoms with E-state index in [4.69, 9.17) is 9.72 Å². The van der Waals surface area contributed by atoms with Gasteiger partial charge in [-0.15, -0.1) is 0 Å². The number of fused-ring (bicyclic) bond motifs is 3. The summed E-state index contributed by atoms with van der Waals surface area (Å²) in [5.74, 6) is 1.15. The highest BCUT2D eigenvalue weighted by molar-refractivity contribution is 5.94. The minimum Gasteiger partial charge on any atom is -0.374 e. The van der Waals surface area contributed by atoms with Gasteiger partial charge in [0.15, 0.2) is 0 Å². The average molecular weight is 482 g/mol. The Bertz CT molecular complexity index is 1420. The number of carbonyl (C=O) groups is 1. The lowest BCUT2D eigenvalue weighted by Crippen LogP contribution is -2.38. The van der Waals surface area contributed by atoms with E-state index in [1.165, 1.54) is 0 Å². The molecule has 2 aliphatic heterocycles. The van der Waals surface area contributed by atoms with Crippen LogP contribution in [-0.4, -0.2) is 57.2 Å². The van der Waals surface area contributed by atoms with Crippen molar-refractivity contribution in [3.05, 3.63) is 66.5 Å². The second-order valence-electron chi connectivity index (χ2n) is 9.54. The lowest BCUT2D eigenvalue weighted by molar-refractivity contribution is 0.0943. The monoisotopic (exact) mass is 481 g/mol. The SMILES string of the molecule is CC(C)NC(=O)c1ccc(Nc2nccc(-c3ccc4nc(N5CC6C[C@H]5CO6)ncc4c3)n2)cc1. The Balaban J connectivity index is 1.19. The maximum absolute atomic E-state index is 12.2. The van der Waals surface area contributed by atoms with Crippen LogP contribution in [0.3, 0.4) is 0 Å². The van der Waals surface area contributed by atoms with Crippen LogP contribution < -0.4 is 15.5 Å². The topological polar surface area (TPSA) is 105 Å². The van der Waals surface area contributed by atoms with Crippen LogP contribution in [0.5, 0.6) is 0 Å². The molecule has 2 bridgehead atoms. The Morgan fingerprint density at radius 3 is 2.69 bits per heavy atom. The van der Waals surface area contributed by atoms with Gasteiger partial charge in [-0.25, -0.2) is 19.9 Å². The number of anilines is 3. The molecule has 4 heterocycles. The number of ether oxygens (including phenoxy) is 1. The van der Waals surface area contributed by atoms with Gasteiger partial charge in [-0.2, -0.15) is 0 Å². The third kappa shape index (κ3) is 4.45. The van der Waals surface area contributed by atoms with Crippen LogP contribution in [0.2, 0.25) is 0 Å². The zero-order valence-corrected chi connectivity index (χ0v) is 20.2. The van der Waals surface area contributed by atoms with Crippen LogP contribution in [0.25, 0.3) is 22.2 Å². The van der Waals surface area contributed by atoms with E-state index in [1.54, 1.807) is 18.3 Å². The summed E-state index contributed by atoms with van der Waals surface area (Å²) in [5, 5.41) is 7.06. The molecule has 182 valence electrons. The Hall–Kier alpha value is -4.11. The van der Waals surface area contributed by atoms with Crippen molar-refractivity contribution in [2.75, 3.05) is 23.4 Å². The van der Waals surface area contributed by atoms with Gasteiger partial charge in [0, 0.05) is 47.2 Å². The van der Waals surface area contributed by atoms with Gasteiger partial charge in [-0.3, -0.25) is 4.79 Å². The summed E-state index contributed by atoms with van der Waals surface area (Å²) < 4.78 is 5.70. The Morgan fingerprint density at radius 1 is 1.08 bits per heavy atom. The van der Waals surface area contributed by atoms with E-state index in [2.05, 4.69) is 30.5 Å². The standard InChI is InChI=1S/C27H27N7O2/c1-16(2)30-25(35)17-3-6-20(7-4-17)31-26-28-10-9-24(32-26)18-5-8-23-19(11-18)13-29-27(33-23)34-14-22-12-21(34)15-36-22/h3-11,13,16,21-22H,12,14-15H2,1-2H3,(H,30,35)(H,28,31,32)/t21-,22?/m0/s1. The summed E-state index contributed by atoms with van der Waals surface area (Å²) in [6, 6.07) is 15.7. The van der Waals surface area contributed by atoms with Crippen molar-refractivity contribution in [3.8, 4) is 11.3 Å². The van der Waals surface area contributed by atoms with Crippen LogP contribution in [-0.2, 0) is 4.74 Å². The van der Waals surface area contributed by atoms with Gasteiger partial charge in [-0.05, 0) is 62.7 Å². The van der Waals surface area contributed by atoms with Crippen LogP contribution >= 0.6 is 0 Å². The molecule has 2 atom stereocenters. The highest BCUT2D eigenvalue weighted by Gasteiger charge is 2.40. The van der Waals surface area contributed by atoms with Gasteiger partial charge in [-0.1, -0.05) is 6.07 Å². The number of nitrogens with zero attached hydrogens (tertiary/aromatic N) is 5. The smallest absolute Gasteiger partial charge is 0.251 e. The third-order valence-corrected chi connectivity index (χ3v) is 6.50. The Kier molecular flexibility index (Phi) is 5.69. The van der Waals surface area contributed by atoms with Gasteiger partial charge in [0.25, 0.3) is 5.91 Å². The van der Waals surface area contributed by atoms with E-state index in [1.807, 2.05) is 56.4 Å². The van der Waals surface area contributed by atoms with Crippen LogP contribution in [0.4, 0.5) is 17.6 Å². The second kappa shape index (κ2) is 9.16. The molecule has 0 radical (unpaired) electrons. The number of carbonyl (C=O) groups excluding carboxylic acids is 1. The van der Waals surface area contributed by atoms with E-state index in [0.717, 1.165) is 53.4 Å². The molecule has 0 spiro atoms. The van der Waals surface area contributed by atoms with Crippen molar-refractivity contribution in [3.63, 3.8) is 0 Å². The summed E-state index contributed by atoms with van der Waals surface area (Å²) in [7, 11) is 0. The third-order valence-electron chi connectivity index (χ3n) is 6.50. The van der Waals surface area contributed by atoms with E-state index in [0.29, 0.717) is 23.7 Å². The zero-order chi connectivity index (χ0) is 24.6. The summed E-state index contributed by atoms with van der Waals surface area (Å²) in [4.78, 5) is 32.9. The maximum Gasteiger partial charge on any atom is 0.251 e. The fourth-order valence-electron chi connectivity index (χ4n) is 4.73. The predicted molar refractivity (Wildman–Crippen MR) is 138 cm³/mol. The summed E-state index contributed by atoms with van der Waals surface area (Å²) >= 11 is 0. The first-order valence-corrected chi connectivity index (χ1v) is 12.2. The molecule has 9 heteroatoms. The molecule has 2 aliphatic rings. The molecular formula is C27H27N7O2. The van der Waals surface area contributed by atoms with Gasteiger partial charge in [0.05, 0.1) is 30.0 Å². The summed E-state index contributed by atoms with van der Waals surface area (Å²) in [5.41, 5.74) is 4.06. The lowest BCUT2D eigenvalue weighted by atomic mass is 10.1. The minimum absolute atomic E-state index is 0.0884. The van der Waals surface area contributed by atoms with Gasteiger partial charge in [0.1, 0.15) is 0 Å². The number of aromatic nitrogens is 4. The van der Waals surface area contributed by atoms with Gasteiger partial charge >= 0.3 is 0 Å². The molecular weight excluding hydrogens is 454 g/mol. The summed E-state index contributed by atoms with van der Waals surface area (Å²) in [6.07, 6.45) is 4.97. The van der Waals surface area contributed by atoms with E-state index >= 15 is 0 Å².